The zero-order valence-corrected chi connectivity index (χ0v) is 12.9. The van der Waals surface area contributed by atoms with Gasteiger partial charge in [0.1, 0.15) is 6.04 Å². The van der Waals surface area contributed by atoms with Gasteiger partial charge in [-0.05, 0) is 36.1 Å². The number of fused-ring (bicyclic) bond motifs is 1. The number of hydrogen-bond donors (Lipinski definition) is 2. The second kappa shape index (κ2) is 6.17. The molecule has 118 valence electrons. The van der Waals surface area contributed by atoms with Gasteiger partial charge in [0.15, 0.2) is 0 Å². The third-order valence-corrected chi connectivity index (χ3v) is 3.90. The van der Waals surface area contributed by atoms with Gasteiger partial charge < -0.3 is 15.3 Å². The van der Waals surface area contributed by atoms with E-state index in [1.54, 1.807) is 44.0 Å². The van der Waals surface area contributed by atoms with Crippen molar-refractivity contribution < 1.29 is 19.5 Å². The van der Waals surface area contributed by atoms with Gasteiger partial charge in [0.05, 0.1) is 0 Å². The Morgan fingerprint density at radius 2 is 1.95 bits per heavy atom. The largest absolute Gasteiger partial charge is 0.480 e. The summed E-state index contributed by atoms with van der Waals surface area (Å²) < 4.78 is 0. The first-order chi connectivity index (χ1) is 10.3. The van der Waals surface area contributed by atoms with Gasteiger partial charge in [-0.15, -0.1) is 0 Å². The highest BCUT2D eigenvalue weighted by Gasteiger charge is 2.25. The van der Waals surface area contributed by atoms with Gasteiger partial charge in [0.25, 0.3) is 5.91 Å². The third-order valence-electron chi connectivity index (χ3n) is 3.90. The summed E-state index contributed by atoms with van der Waals surface area (Å²) in [6.07, 6.45) is 1.00. The number of carbonyl (C=O) groups is 3. The highest BCUT2D eigenvalue weighted by molar-refractivity contribution is 6.00. The van der Waals surface area contributed by atoms with E-state index in [9.17, 15) is 14.4 Å². The molecule has 22 heavy (non-hydrogen) atoms. The van der Waals surface area contributed by atoms with Crippen molar-refractivity contribution in [2.24, 2.45) is 5.92 Å². The number of carboxylic acids is 1. The molecule has 2 rings (SSSR count). The van der Waals surface area contributed by atoms with Crippen LogP contribution in [0.15, 0.2) is 18.2 Å². The van der Waals surface area contributed by atoms with Crippen LogP contribution in [0.2, 0.25) is 0 Å². The highest BCUT2D eigenvalue weighted by atomic mass is 16.4. The van der Waals surface area contributed by atoms with Crippen LogP contribution in [-0.2, 0) is 16.0 Å². The van der Waals surface area contributed by atoms with E-state index >= 15 is 0 Å². The van der Waals surface area contributed by atoms with E-state index in [-0.39, 0.29) is 11.8 Å². The van der Waals surface area contributed by atoms with Gasteiger partial charge >= 0.3 is 5.97 Å². The summed E-state index contributed by atoms with van der Waals surface area (Å²) >= 11 is 0. The van der Waals surface area contributed by atoms with Crippen LogP contribution in [0.4, 0.5) is 5.69 Å². The number of nitrogens with one attached hydrogen (secondary N) is 1. The fourth-order valence-corrected chi connectivity index (χ4v) is 2.54. The molecular formula is C16H20N2O4. The Kier molecular flexibility index (Phi) is 4.49. The Morgan fingerprint density at radius 3 is 2.55 bits per heavy atom. The van der Waals surface area contributed by atoms with Crippen molar-refractivity contribution in [2.75, 3.05) is 11.9 Å². The molecule has 0 saturated carbocycles. The van der Waals surface area contributed by atoms with Gasteiger partial charge in [-0.25, -0.2) is 4.79 Å². The Morgan fingerprint density at radius 1 is 1.27 bits per heavy atom. The van der Waals surface area contributed by atoms with E-state index in [0.29, 0.717) is 18.4 Å². The van der Waals surface area contributed by atoms with Crippen LogP contribution < -0.4 is 10.2 Å². The molecular weight excluding hydrogens is 284 g/mol. The molecule has 0 bridgehead atoms. The number of anilines is 1. The molecule has 6 nitrogen and oxygen atoms in total. The van der Waals surface area contributed by atoms with E-state index < -0.39 is 17.9 Å². The van der Waals surface area contributed by atoms with Crippen LogP contribution in [0.1, 0.15) is 36.2 Å². The van der Waals surface area contributed by atoms with Crippen molar-refractivity contribution in [2.45, 2.75) is 32.7 Å². The summed E-state index contributed by atoms with van der Waals surface area (Å²) in [7, 11) is 1.71. The zero-order valence-electron chi connectivity index (χ0n) is 12.9. The fraction of sp³-hybridized carbons (Fsp3) is 0.438. The lowest BCUT2D eigenvalue weighted by molar-refractivity contribution is -0.140. The van der Waals surface area contributed by atoms with Crippen molar-refractivity contribution >= 4 is 23.5 Å². The van der Waals surface area contributed by atoms with Crippen molar-refractivity contribution in [3.05, 3.63) is 29.3 Å². The lowest BCUT2D eigenvalue weighted by Gasteiger charge is -2.26. The summed E-state index contributed by atoms with van der Waals surface area (Å²) in [6.45, 7) is 3.49. The van der Waals surface area contributed by atoms with E-state index in [1.807, 2.05) is 0 Å². The molecule has 0 aromatic heterocycles. The normalized spacial score (nSPS) is 15.5. The third kappa shape index (κ3) is 3.10. The molecule has 1 atom stereocenters. The molecule has 1 aromatic carbocycles. The zero-order chi connectivity index (χ0) is 16.4. The molecule has 2 N–H and O–H groups in total. The summed E-state index contributed by atoms with van der Waals surface area (Å²) in [5.74, 6) is -1.62. The average molecular weight is 304 g/mol. The first-order valence-corrected chi connectivity index (χ1v) is 7.24. The van der Waals surface area contributed by atoms with Crippen molar-refractivity contribution in [3.63, 3.8) is 0 Å². The number of carbonyl (C=O) groups excluding carboxylic acids is 2. The van der Waals surface area contributed by atoms with Crippen LogP contribution in [0, 0.1) is 5.92 Å². The minimum atomic E-state index is -1.05. The number of hydrogen-bond acceptors (Lipinski definition) is 3. The van der Waals surface area contributed by atoms with E-state index in [0.717, 1.165) is 11.3 Å². The minimum Gasteiger partial charge on any atom is -0.480 e. The maximum atomic E-state index is 12.2. The lowest BCUT2D eigenvalue weighted by atomic mass is 9.98. The van der Waals surface area contributed by atoms with Crippen LogP contribution >= 0.6 is 0 Å². The Hall–Kier alpha value is -2.37. The second-order valence-corrected chi connectivity index (χ2v) is 5.83. The van der Waals surface area contributed by atoms with Gasteiger partial charge in [-0.2, -0.15) is 0 Å². The molecule has 0 fully saturated rings. The summed E-state index contributed by atoms with van der Waals surface area (Å²) in [5, 5.41) is 11.7. The smallest absolute Gasteiger partial charge is 0.326 e. The molecule has 0 saturated heterocycles. The minimum absolute atomic E-state index is 0.0513. The van der Waals surface area contributed by atoms with Crippen molar-refractivity contribution in [3.8, 4) is 0 Å². The van der Waals surface area contributed by atoms with Crippen LogP contribution in [-0.4, -0.2) is 36.0 Å². The number of aryl methyl sites for hydroxylation is 1. The average Bonchev–Trinajstić information content (AvgIpc) is 2.47. The number of aliphatic carboxylic acids is 1. The van der Waals surface area contributed by atoms with Gasteiger partial charge in [-0.1, -0.05) is 13.8 Å². The Balaban J connectivity index is 2.22. The second-order valence-electron chi connectivity index (χ2n) is 5.83. The predicted molar refractivity (Wildman–Crippen MR) is 81.9 cm³/mol. The SMILES string of the molecule is CC(C)[C@H](NC(=O)c1ccc2c(c1)CCC(=O)N2C)C(=O)O. The maximum Gasteiger partial charge on any atom is 0.326 e. The molecule has 0 spiro atoms. The lowest BCUT2D eigenvalue weighted by Crippen LogP contribution is -2.44. The van der Waals surface area contributed by atoms with Crippen LogP contribution in [0.25, 0.3) is 0 Å². The van der Waals surface area contributed by atoms with E-state index in [2.05, 4.69) is 5.32 Å². The fourth-order valence-electron chi connectivity index (χ4n) is 2.54. The monoisotopic (exact) mass is 304 g/mol. The molecule has 6 heteroatoms. The molecule has 2 amide bonds. The molecule has 1 aliphatic rings. The molecule has 0 aliphatic carbocycles. The highest BCUT2D eigenvalue weighted by Crippen LogP contribution is 2.27. The maximum absolute atomic E-state index is 12.2. The Labute approximate surface area is 129 Å². The number of rotatable bonds is 4. The van der Waals surface area contributed by atoms with Gasteiger partial charge in [0, 0.05) is 24.7 Å². The van der Waals surface area contributed by atoms with Crippen LogP contribution in [0.3, 0.4) is 0 Å². The molecule has 0 unspecified atom stereocenters. The quantitative estimate of drug-likeness (QED) is 0.881. The van der Waals surface area contributed by atoms with Gasteiger partial charge in [0.2, 0.25) is 5.91 Å². The van der Waals surface area contributed by atoms with Crippen molar-refractivity contribution in [1.82, 2.24) is 5.32 Å². The van der Waals surface area contributed by atoms with E-state index in [4.69, 9.17) is 5.11 Å². The summed E-state index contributed by atoms with van der Waals surface area (Å²) in [4.78, 5) is 36.6. The van der Waals surface area contributed by atoms with Crippen molar-refractivity contribution in [1.29, 1.82) is 0 Å². The summed E-state index contributed by atoms with van der Waals surface area (Å²) in [5.41, 5.74) is 2.13. The standard InChI is InChI=1S/C16H20N2O4/c1-9(2)14(16(21)22)17-15(20)11-4-6-12-10(8-11)5-7-13(19)18(12)3/h4,6,8-9,14H,5,7H2,1-3H3,(H,17,20)(H,21,22)/t14-/m0/s1. The van der Waals surface area contributed by atoms with E-state index in [1.165, 1.54) is 0 Å². The topological polar surface area (TPSA) is 86.7 Å². The van der Waals surface area contributed by atoms with Crippen LogP contribution in [0.5, 0.6) is 0 Å². The number of nitrogens with zero attached hydrogens (tertiary/aromatic N) is 1. The molecule has 1 aromatic rings. The molecule has 0 radical (unpaired) electrons. The summed E-state index contributed by atoms with van der Waals surface area (Å²) in [6, 6.07) is 4.15. The first-order valence-electron chi connectivity index (χ1n) is 7.24. The first kappa shape index (κ1) is 16.0. The number of benzene rings is 1. The predicted octanol–water partition coefficient (Wildman–Crippen LogP) is 1.43. The van der Waals surface area contributed by atoms with Gasteiger partial charge in [-0.3, -0.25) is 9.59 Å². The molecule has 1 aliphatic heterocycles. The Bertz CT molecular complexity index is 625. The number of amides is 2. The number of carboxylic acid groups (broad SMARTS) is 1. The molecule has 1 heterocycles.